The van der Waals surface area contributed by atoms with Crippen LogP contribution in [0.3, 0.4) is 0 Å². The highest BCUT2D eigenvalue weighted by Gasteiger charge is 2.10. The van der Waals surface area contributed by atoms with E-state index in [4.69, 9.17) is 0 Å². The summed E-state index contributed by atoms with van der Waals surface area (Å²) in [6.45, 7) is 2.69. The Morgan fingerprint density at radius 1 is 1.37 bits per heavy atom. The van der Waals surface area contributed by atoms with Gasteiger partial charge in [0.05, 0.1) is 0 Å². The predicted molar refractivity (Wildman–Crippen MR) is 71.1 cm³/mol. The van der Waals surface area contributed by atoms with Crippen molar-refractivity contribution in [3.05, 3.63) is 53.3 Å². The van der Waals surface area contributed by atoms with E-state index in [0.717, 1.165) is 18.7 Å². The first-order valence-corrected chi connectivity index (χ1v) is 6.37. The molecule has 1 aliphatic rings. The molecule has 2 N–H and O–H groups in total. The summed E-state index contributed by atoms with van der Waals surface area (Å²) in [6, 6.07) is 8.16. The Morgan fingerprint density at radius 2 is 2.26 bits per heavy atom. The minimum Gasteiger partial charge on any atom is -0.350 e. The number of hydrogen-bond acceptors (Lipinski definition) is 3. The highest BCUT2D eigenvalue weighted by molar-refractivity contribution is 5.75. The van der Waals surface area contributed by atoms with Crippen LogP contribution in [-0.2, 0) is 31.0 Å². The maximum Gasteiger partial charge on any atom is 0.241 e. The smallest absolute Gasteiger partial charge is 0.241 e. The fourth-order valence-electron chi connectivity index (χ4n) is 2.26. The third-order valence-corrected chi connectivity index (χ3v) is 3.26. The lowest BCUT2D eigenvalue weighted by atomic mass is 10.1. The zero-order chi connectivity index (χ0) is 13.1. The summed E-state index contributed by atoms with van der Waals surface area (Å²) in [5.74, 6) is -0.0256. The Labute approximate surface area is 111 Å². The van der Waals surface area contributed by atoms with Crippen LogP contribution in [0.2, 0.25) is 0 Å². The minimum absolute atomic E-state index is 0.0256. The first-order chi connectivity index (χ1) is 9.31. The summed E-state index contributed by atoms with van der Waals surface area (Å²) in [4.78, 5) is 11.7. The van der Waals surface area contributed by atoms with Gasteiger partial charge in [-0.2, -0.15) is 5.10 Å². The van der Waals surface area contributed by atoms with E-state index in [1.807, 2.05) is 0 Å². The molecular weight excluding hydrogens is 240 g/mol. The number of rotatable bonds is 4. The van der Waals surface area contributed by atoms with Gasteiger partial charge in [-0.15, -0.1) is 0 Å². The molecule has 5 nitrogen and oxygen atoms in total. The lowest BCUT2D eigenvalue weighted by Gasteiger charge is -2.07. The molecule has 0 saturated heterocycles. The fraction of sp³-hybridized carbons (Fsp3) is 0.286. The standard InChI is InChI=1S/C14H16N4O/c19-14(10-18-5-1-4-17-18)16-7-11-2-3-12-8-15-9-13(12)6-11/h1-6,15H,7-10H2,(H,16,19). The summed E-state index contributed by atoms with van der Waals surface area (Å²) < 4.78 is 1.61. The first-order valence-electron chi connectivity index (χ1n) is 6.37. The summed E-state index contributed by atoms with van der Waals surface area (Å²) in [6.07, 6.45) is 3.45. The van der Waals surface area contributed by atoms with Crippen LogP contribution >= 0.6 is 0 Å². The van der Waals surface area contributed by atoms with Gasteiger partial charge in [0.25, 0.3) is 0 Å². The largest absolute Gasteiger partial charge is 0.350 e. The number of nitrogens with one attached hydrogen (secondary N) is 2. The molecule has 5 heteroatoms. The molecule has 0 radical (unpaired) electrons. The van der Waals surface area contributed by atoms with Gasteiger partial charge >= 0.3 is 0 Å². The van der Waals surface area contributed by atoms with Crippen molar-refractivity contribution in [1.82, 2.24) is 20.4 Å². The maximum atomic E-state index is 11.7. The van der Waals surface area contributed by atoms with E-state index in [-0.39, 0.29) is 12.5 Å². The van der Waals surface area contributed by atoms with Gasteiger partial charge < -0.3 is 10.6 Å². The van der Waals surface area contributed by atoms with E-state index >= 15 is 0 Å². The highest BCUT2D eigenvalue weighted by Crippen LogP contribution is 2.16. The molecule has 0 fully saturated rings. The normalized spacial score (nSPS) is 13.3. The molecule has 1 aromatic carbocycles. The fourth-order valence-corrected chi connectivity index (χ4v) is 2.26. The van der Waals surface area contributed by atoms with Crippen molar-refractivity contribution in [1.29, 1.82) is 0 Å². The van der Waals surface area contributed by atoms with Crippen LogP contribution in [0.15, 0.2) is 36.7 Å². The van der Waals surface area contributed by atoms with Gasteiger partial charge in [0.1, 0.15) is 6.54 Å². The SMILES string of the molecule is O=C(Cn1cccn1)NCc1ccc2c(c1)CNC2. The van der Waals surface area contributed by atoms with Gasteiger partial charge in [0.15, 0.2) is 0 Å². The van der Waals surface area contributed by atoms with Crippen LogP contribution < -0.4 is 10.6 Å². The molecule has 0 spiro atoms. The number of carbonyl (C=O) groups is 1. The van der Waals surface area contributed by atoms with Crippen LogP contribution in [-0.4, -0.2) is 15.7 Å². The Hall–Kier alpha value is -2.14. The van der Waals surface area contributed by atoms with Crippen LogP contribution in [0.4, 0.5) is 0 Å². The van der Waals surface area contributed by atoms with E-state index in [0.29, 0.717) is 6.54 Å². The van der Waals surface area contributed by atoms with Crippen molar-refractivity contribution in [3.8, 4) is 0 Å². The second-order valence-corrected chi connectivity index (χ2v) is 4.69. The number of benzene rings is 1. The maximum absolute atomic E-state index is 11.7. The van der Waals surface area contributed by atoms with Gasteiger partial charge in [-0.1, -0.05) is 18.2 Å². The molecular formula is C14H16N4O. The van der Waals surface area contributed by atoms with E-state index in [1.54, 1.807) is 23.1 Å². The molecule has 0 unspecified atom stereocenters. The van der Waals surface area contributed by atoms with E-state index in [1.165, 1.54) is 11.1 Å². The van der Waals surface area contributed by atoms with Crippen molar-refractivity contribution < 1.29 is 4.79 Å². The quantitative estimate of drug-likeness (QED) is 0.851. The molecule has 1 amide bonds. The van der Waals surface area contributed by atoms with Crippen LogP contribution in [0.5, 0.6) is 0 Å². The van der Waals surface area contributed by atoms with Crippen molar-refractivity contribution in [2.24, 2.45) is 0 Å². The third-order valence-electron chi connectivity index (χ3n) is 3.26. The van der Waals surface area contributed by atoms with E-state index in [2.05, 4.69) is 33.9 Å². The summed E-state index contributed by atoms with van der Waals surface area (Å²) >= 11 is 0. The highest BCUT2D eigenvalue weighted by atomic mass is 16.2. The van der Waals surface area contributed by atoms with Crippen LogP contribution in [0, 0.1) is 0 Å². The first kappa shape index (κ1) is 11.9. The van der Waals surface area contributed by atoms with Gasteiger partial charge in [-0.05, 0) is 22.8 Å². The van der Waals surface area contributed by atoms with Crippen LogP contribution in [0.1, 0.15) is 16.7 Å². The third kappa shape index (κ3) is 2.82. The summed E-state index contributed by atoms with van der Waals surface area (Å²) in [5.41, 5.74) is 3.82. The predicted octanol–water partition coefficient (Wildman–Crippen LogP) is 0.803. The van der Waals surface area contributed by atoms with Crippen molar-refractivity contribution >= 4 is 5.91 Å². The number of aromatic nitrogens is 2. The second kappa shape index (κ2) is 5.24. The summed E-state index contributed by atoms with van der Waals surface area (Å²) in [5, 5.41) is 10.2. The van der Waals surface area contributed by atoms with Gasteiger partial charge in [0.2, 0.25) is 5.91 Å². The molecule has 3 rings (SSSR count). The lowest BCUT2D eigenvalue weighted by Crippen LogP contribution is -2.27. The van der Waals surface area contributed by atoms with Crippen molar-refractivity contribution in [3.63, 3.8) is 0 Å². The number of fused-ring (bicyclic) bond motifs is 1. The second-order valence-electron chi connectivity index (χ2n) is 4.69. The average Bonchev–Trinajstić information content (AvgIpc) is 3.06. The Kier molecular flexibility index (Phi) is 3.29. The monoisotopic (exact) mass is 256 g/mol. The Bertz CT molecular complexity index is 577. The molecule has 98 valence electrons. The molecule has 19 heavy (non-hydrogen) atoms. The van der Waals surface area contributed by atoms with Gasteiger partial charge in [-0.3, -0.25) is 9.48 Å². The topological polar surface area (TPSA) is 59.0 Å². The molecule has 0 saturated carbocycles. The zero-order valence-corrected chi connectivity index (χ0v) is 10.6. The zero-order valence-electron chi connectivity index (χ0n) is 10.6. The minimum atomic E-state index is -0.0256. The molecule has 2 heterocycles. The molecule has 1 aromatic heterocycles. The molecule has 0 atom stereocenters. The number of carbonyl (C=O) groups excluding carboxylic acids is 1. The van der Waals surface area contributed by atoms with Crippen molar-refractivity contribution in [2.75, 3.05) is 0 Å². The summed E-state index contributed by atoms with van der Waals surface area (Å²) in [7, 11) is 0. The van der Waals surface area contributed by atoms with E-state index in [9.17, 15) is 4.79 Å². The van der Waals surface area contributed by atoms with Crippen molar-refractivity contribution in [2.45, 2.75) is 26.2 Å². The average molecular weight is 256 g/mol. The van der Waals surface area contributed by atoms with Gasteiger partial charge in [-0.25, -0.2) is 0 Å². The van der Waals surface area contributed by atoms with E-state index < -0.39 is 0 Å². The molecule has 2 aromatic rings. The number of nitrogens with zero attached hydrogens (tertiary/aromatic N) is 2. The van der Waals surface area contributed by atoms with Crippen LogP contribution in [0.25, 0.3) is 0 Å². The molecule has 1 aliphatic heterocycles. The molecule has 0 bridgehead atoms. The number of hydrogen-bond donors (Lipinski definition) is 2. The Morgan fingerprint density at radius 3 is 3.11 bits per heavy atom. The Balaban J connectivity index is 1.56. The number of amides is 1. The van der Waals surface area contributed by atoms with Gasteiger partial charge in [0, 0.05) is 32.0 Å². The molecule has 0 aliphatic carbocycles. The lowest BCUT2D eigenvalue weighted by molar-refractivity contribution is -0.122.